The molecule has 0 aromatic heterocycles. The highest BCUT2D eigenvalue weighted by atomic mass is 32.2. The molecule has 2 aliphatic rings. The lowest BCUT2D eigenvalue weighted by atomic mass is 10.0. The molecule has 0 aliphatic carbocycles. The summed E-state index contributed by atoms with van der Waals surface area (Å²) in [5.74, 6) is 0.0264. The first-order valence-corrected chi connectivity index (χ1v) is 13.9. The fourth-order valence-corrected chi connectivity index (χ4v) is 5.52. The molecule has 3 rings (SSSR count). The van der Waals surface area contributed by atoms with Crippen molar-refractivity contribution in [2.24, 2.45) is 0 Å². The number of nitrogens with zero attached hydrogens (tertiary/aromatic N) is 1. The average molecular weight is 496 g/mol. The van der Waals surface area contributed by atoms with Crippen LogP contribution in [0.4, 0.5) is 0 Å². The zero-order valence-corrected chi connectivity index (χ0v) is 21.1. The van der Waals surface area contributed by atoms with Crippen LogP contribution in [-0.4, -0.2) is 74.8 Å². The number of ether oxygens (including phenoxy) is 2. The van der Waals surface area contributed by atoms with Gasteiger partial charge in [-0.15, -0.1) is 0 Å². The van der Waals surface area contributed by atoms with Crippen molar-refractivity contribution in [3.63, 3.8) is 0 Å². The van der Waals surface area contributed by atoms with Crippen molar-refractivity contribution in [3.8, 4) is 5.75 Å². The molecule has 0 bridgehead atoms. The summed E-state index contributed by atoms with van der Waals surface area (Å²) in [6.45, 7) is 5.39. The molecule has 10 heteroatoms. The van der Waals surface area contributed by atoms with Crippen LogP contribution in [0.25, 0.3) is 0 Å². The minimum atomic E-state index is -3.53. The summed E-state index contributed by atoms with van der Waals surface area (Å²) in [4.78, 5) is 26.4. The van der Waals surface area contributed by atoms with Crippen LogP contribution >= 0.6 is 0 Å². The van der Waals surface area contributed by atoms with E-state index in [1.807, 2.05) is 38.1 Å². The predicted octanol–water partition coefficient (Wildman–Crippen LogP) is 1.61. The van der Waals surface area contributed by atoms with Gasteiger partial charge in [-0.2, -0.15) is 4.31 Å². The third-order valence-corrected chi connectivity index (χ3v) is 7.41. The van der Waals surface area contributed by atoms with E-state index in [9.17, 15) is 18.0 Å². The highest BCUT2D eigenvalue weighted by Crippen LogP contribution is 2.21. The third kappa shape index (κ3) is 7.68. The molecule has 1 aromatic rings. The first-order chi connectivity index (χ1) is 16.1. The van der Waals surface area contributed by atoms with Crippen LogP contribution < -0.4 is 15.4 Å². The highest BCUT2D eigenvalue weighted by molar-refractivity contribution is 7.88. The number of hydrogen-bond acceptors (Lipinski definition) is 6. The maximum absolute atomic E-state index is 13.2. The molecule has 0 saturated carbocycles. The van der Waals surface area contributed by atoms with E-state index in [-0.39, 0.29) is 24.5 Å². The molecule has 190 valence electrons. The Hall–Kier alpha value is -2.17. The summed E-state index contributed by atoms with van der Waals surface area (Å²) in [6, 6.07) is 5.81. The topological polar surface area (TPSA) is 114 Å². The normalized spacial score (nSPS) is 21.1. The number of benzene rings is 1. The Morgan fingerprint density at radius 3 is 2.41 bits per heavy atom. The number of amides is 2. The molecule has 2 heterocycles. The Morgan fingerprint density at radius 2 is 1.79 bits per heavy atom. The van der Waals surface area contributed by atoms with Crippen LogP contribution in [0.3, 0.4) is 0 Å². The number of hydrogen-bond donors (Lipinski definition) is 2. The van der Waals surface area contributed by atoms with Crippen molar-refractivity contribution >= 4 is 21.8 Å². The maximum atomic E-state index is 13.2. The molecular weight excluding hydrogens is 458 g/mol. The molecule has 0 radical (unpaired) electrons. The van der Waals surface area contributed by atoms with Crippen molar-refractivity contribution < 1.29 is 27.5 Å². The lowest BCUT2D eigenvalue weighted by molar-refractivity contribution is -0.132. The van der Waals surface area contributed by atoms with Gasteiger partial charge in [-0.1, -0.05) is 18.6 Å². The molecule has 2 atom stereocenters. The van der Waals surface area contributed by atoms with Crippen molar-refractivity contribution in [1.82, 2.24) is 14.9 Å². The van der Waals surface area contributed by atoms with Crippen molar-refractivity contribution in [3.05, 3.63) is 29.8 Å². The summed E-state index contributed by atoms with van der Waals surface area (Å²) in [7, 11) is -3.53. The van der Waals surface area contributed by atoms with E-state index in [4.69, 9.17) is 9.47 Å². The van der Waals surface area contributed by atoms with Crippen LogP contribution in [-0.2, 0) is 30.8 Å². The second-order valence-corrected chi connectivity index (χ2v) is 11.3. The number of carbonyl (C=O) groups is 2. The molecule has 2 N–H and O–H groups in total. The SMILES string of the molecule is CC(C)Oc1ccc(C[C@H](NC(=O)[C@@H]2CCCCN2S(C)(=O)=O)C(=O)NC2CCOCC2)cc1. The van der Waals surface area contributed by atoms with Crippen LogP contribution in [0.15, 0.2) is 24.3 Å². The summed E-state index contributed by atoms with van der Waals surface area (Å²) in [5, 5.41) is 5.89. The molecule has 2 amide bonds. The smallest absolute Gasteiger partial charge is 0.243 e. The van der Waals surface area contributed by atoms with Gasteiger partial charge in [-0.25, -0.2) is 8.42 Å². The van der Waals surface area contributed by atoms with Gasteiger partial charge in [-0.3, -0.25) is 9.59 Å². The van der Waals surface area contributed by atoms with Crippen LogP contribution in [0.5, 0.6) is 5.75 Å². The Bertz CT molecular complexity index is 929. The van der Waals surface area contributed by atoms with Crippen LogP contribution in [0, 0.1) is 0 Å². The number of rotatable bonds is 9. The van der Waals surface area contributed by atoms with Crippen molar-refractivity contribution in [1.29, 1.82) is 0 Å². The Balaban J connectivity index is 1.74. The molecule has 9 nitrogen and oxygen atoms in total. The Labute approximate surface area is 202 Å². The number of piperidine rings is 1. The lowest BCUT2D eigenvalue weighted by Crippen LogP contribution is -2.57. The van der Waals surface area contributed by atoms with Crippen molar-refractivity contribution in [2.75, 3.05) is 26.0 Å². The minimum Gasteiger partial charge on any atom is -0.491 e. The van der Waals surface area contributed by atoms with Gasteiger partial charge >= 0.3 is 0 Å². The molecule has 34 heavy (non-hydrogen) atoms. The number of sulfonamides is 1. The summed E-state index contributed by atoms with van der Waals surface area (Å²) in [5.41, 5.74) is 0.868. The average Bonchev–Trinajstić information content (AvgIpc) is 2.79. The molecule has 2 saturated heterocycles. The molecule has 1 aromatic carbocycles. The number of nitrogens with one attached hydrogen (secondary N) is 2. The van der Waals surface area contributed by atoms with E-state index in [1.165, 1.54) is 4.31 Å². The van der Waals surface area contributed by atoms with Gasteiger partial charge in [0.25, 0.3) is 0 Å². The van der Waals surface area contributed by atoms with E-state index in [1.54, 1.807) is 0 Å². The van der Waals surface area contributed by atoms with Gasteiger partial charge in [0.15, 0.2) is 0 Å². The molecule has 0 spiro atoms. The number of carbonyl (C=O) groups excluding carboxylic acids is 2. The van der Waals surface area contributed by atoms with Crippen molar-refractivity contribution in [2.45, 2.75) is 76.6 Å². The first-order valence-electron chi connectivity index (χ1n) is 12.0. The summed E-state index contributed by atoms with van der Waals surface area (Å²) < 4.78 is 36.8. The third-order valence-electron chi connectivity index (χ3n) is 6.12. The zero-order chi connectivity index (χ0) is 24.7. The van der Waals surface area contributed by atoms with E-state index in [2.05, 4.69) is 10.6 Å². The lowest BCUT2D eigenvalue weighted by Gasteiger charge is -2.34. The van der Waals surface area contributed by atoms with Gasteiger partial charge in [0, 0.05) is 32.2 Å². The fourth-order valence-electron chi connectivity index (χ4n) is 4.40. The Morgan fingerprint density at radius 1 is 1.12 bits per heavy atom. The molecule has 2 fully saturated rings. The van der Waals surface area contributed by atoms with Gasteiger partial charge < -0.3 is 20.1 Å². The zero-order valence-electron chi connectivity index (χ0n) is 20.3. The van der Waals surface area contributed by atoms with Crippen LogP contribution in [0.2, 0.25) is 0 Å². The van der Waals surface area contributed by atoms with Gasteiger partial charge in [-0.05, 0) is 57.2 Å². The summed E-state index contributed by atoms with van der Waals surface area (Å²) >= 11 is 0. The van der Waals surface area contributed by atoms with Crippen LogP contribution in [0.1, 0.15) is 51.5 Å². The standard InChI is InChI=1S/C24H37N3O6S/c1-17(2)33-20-9-7-18(8-10-20)16-21(23(28)25-19-11-14-32-15-12-19)26-24(29)22-6-4-5-13-27(22)34(3,30)31/h7-10,17,19,21-22H,4-6,11-16H2,1-3H3,(H,25,28)(H,26,29)/t21-,22-/m0/s1. The molecule has 2 aliphatic heterocycles. The first kappa shape index (κ1) is 26.4. The Kier molecular flexibility index (Phi) is 9.32. The van der Waals surface area contributed by atoms with Gasteiger partial charge in [0.1, 0.15) is 17.8 Å². The van der Waals surface area contributed by atoms with E-state index in [0.29, 0.717) is 26.2 Å². The van der Waals surface area contributed by atoms with Gasteiger partial charge in [0.2, 0.25) is 21.8 Å². The van der Waals surface area contributed by atoms with Gasteiger partial charge in [0.05, 0.1) is 12.4 Å². The molecular formula is C24H37N3O6S. The second-order valence-electron chi connectivity index (χ2n) is 9.36. The predicted molar refractivity (Wildman–Crippen MR) is 129 cm³/mol. The molecule has 0 unspecified atom stereocenters. The monoisotopic (exact) mass is 495 g/mol. The fraction of sp³-hybridized carbons (Fsp3) is 0.667. The van der Waals surface area contributed by atoms with E-state index in [0.717, 1.165) is 43.3 Å². The largest absolute Gasteiger partial charge is 0.491 e. The minimum absolute atomic E-state index is 0.00957. The second kappa shape index (κ2) is 12.0. The van der Waals surface area contributed by atoms with E-state index >= 15 is 0 Å². The maximum Gasteiger partial charge on any atom is 0.243 e. The van der Waals surface area contributed by atoms with E-state index < -0.39 is 28.0 Å². The quantitative estimate of drug-likeness (QED) is 0.538. The highest BCUT2D eigenvalue weighted by Gasteiger charge is 2.36. The summed E-state index contributed by atoms with van der Waals surface area (Å²) in [6.07, 6.45) is 4.82.